The van der Waals surface area contributed by atoms with Gasteiger partial charge in [-0.1, -0.05) is 0 Å². The van der Waals surface area contributed by atoms with Gasteiger partial charge in [-0.15, -0.1) is 0 Å². The Bertz CT molecular complexity index is 148. The maximum atomic E-state index is 3.14. The Labute approximate surface area is 62.0 Å². The van der Waals surface area contributed by atoms with Crippen LogP contribution in [0.2, 0.25) is 0 Å². The van der Waals surface area contributed by atoms with E-state index in [1.807, 2.05) is 14.1 Å². The Morgan fingerprint density at radius 3 is 1.60 bits per heavy atom. The summed E-state index contributed by atoms with van der Waals surface area (Å²) in [4.78, 5) is 0. The molecule has 0 saturated heterocycles. The lowest BCUT2D eigenvalue weighted by atomic mass is 10.1. The van der Waals surface area contributed by atoms with Crippen molar-refractivity contribution in [2.24, 2.45) is 0 Å². The summed E-state index contributed by atoms with van der Waals surface area (Å²) in [5.74, 6) is 0. The third kappa shape index (κ3) is 1.53. The summed E-state index contributed by atoms with van der Waals surface area (Å²) in [6, 6.07) is 0. The van der Waals surface area contributed by atoms with E-state index >= 15 is 0 Å². The molecule has 10 heavy (non-hydrogen) atoms. The predicted molar refractivity (Wildman–Crippen MR) is 43.5 cm³/mol. The van der Waals surface area contributed by atoms with E-state index in [4.69, 9.17) is 0 Å². The largest absolute Gasteiger partial charge is 0.391 e. The van der Waals surface area contributed by atoms with Crippen molar-refractivity contribution < 1.29 is 0 Å². The van der Waals surface area contributed by atoms with Crippen LogP contribution in [0, 0.1) is 0 Å². The minimum atomic E-state index is 1.13. The average molecular weight is 138 g/mol. The van der Waals surface area contributed by atoms with Crippen molar-refractivity contribution >= 4 is 0 Å². The lowest BCUT2D eigenvalue weighted by Crippen LogP contribution is -2.13. The summed E-state index contributed by atoms with van der Waals surface area (Å²) in [5, 5.41) is 6.27. The first-order chi connectivity index (χ1) is 4.86. The van der Waals surface area contributed by atoms with Crippen molar-refractivity contribution in [1.82, 2.24) is 10.6 Å². The molecular weight excluding hydrogens is 124 g/mol. The molecule has 2 N–H and O–H groups in total. The highest BCUT2D eigenvalue weighted by Gasteiger charge is 2.01. The second-order valence-corrected chi connectivity index (χ2v) is 2.38. The van der Waals surface area contributed by atoms with Gasteiger partial charge >= 0.3 is 0 Å². The Balaban J connectivity index is 2.55. The molecule has 1 rings (SSSR count). The third-order valence-electron chi connectivity index (χ3n) is 1.79. The van der Waals surface area contributed by atoms with Crippen LogP contribution in [-0.4, -0.2) is 14.1 Å². The number of rotatable bonds is 2. The lowest BCUT2D eigenvalue weighted by molar-refractivity contribution is 0.766. The van der Waals surface area contributed by atoms with E-state index < -0.39 is 0 Å². The van der Waals surface area contributed by atoms with E-state index in [9.17, 15) is 0 Å². The van der Waals surface area contributed by atoms with Crippen LogP contribution in [0.4, 0.5) is 0 Å². The van der Waals surface area contributed by atoms with Crippen LogP contribution in [0.25, 0.3) is 0 Å². The molecule has 0 bridgehead atoms. The van der Waals surface area contributed by atoms with Crippen LogP contribution >= 0.6 is 0 Å². The fourth-order valence-electron chi connectivity index (χ4n) is 1.05. The van der Waals surface area contributed by atoms with Crippen LogP contribution in [-0.2, 0) is 0 Å². The molecule has 2 heteroatoms. The van der Waals surface area contributed by atoms with Crippen LogP contribution in [0.5, 0.6) is 0 Å². The van der Waals surface area contributed by atoms with Gasteiger partial charge in [0.05, 0.1) is 0 Å². The normalized spacial score (nSPS) is 17.4. The zero-order valence-electron chi connectivity index (χ0n) is 6.57. The van der Waals surface area contributed by atoms with Gasteiger partial charge < -0.3 is 10.6 Å². The van der Waals surface area contributed by atoms with E-state index in [1.165, 1.54) is 11.4 Å². The van der Waals surface area contributed by atoms with Gasteiger partial charge in [0.15, 0.2) is 0 Å². The summed E-state index contributed by atoms with van der Waals surface area (Å²) in [6.45, 7) is 0. The van der Waals surface area contributed by atoms with Crippen molar-refractivity contribution in [2.75, 3.05) is 14.1 Å². The standard InChI is InChI=1S/C8H14N2/c1-9-7-3-5-8(10-2)6-4-7/h3,5,9-10H,4,6H2,1-2H3. The average Bonchev–Trinajstić information content (AvgIpc) is 2.05. The van der Waals surface area contributed by atoms with Crippen molar-refractivity contribution in [3.05, 3.63) is 23.5 Å². The minimum Gasteiger partial charge on any atom is -0.391 e. The van der Waals surface area contributed by atoms with E-state index in [0.717, 1.165) is 12.8 Å². The minimum absolute atomic E-state index is 1.13. The van der Waals surface area contributed by atoms with Crippen LogP contribution < -0.4 is 10.6 Å². The molecule has 0 aromatic heterocycles. The molecule has 56 valence electrons. The third-order valence-corrected chi connectivity index (χ3v) is 1.79. The molecule has 0 unspecified atom stereocenters. The predicted octanol–water partition coefficient (Wildman–Crippen LogP) is 0.987. The second kappa shape index (κ2) is 3.30. The molecule has 2 nitrogen and oxygen atoms in total. The number of hydrogen-bond acceptors (Lipinski definition) is 2. The maximum absolute atomic E-state index is 3.14. The zero-order valence-corrected chi connectivity index (χ0v) is 6.57. The monoisotopic (exact) mass is 138 g/mol. The molecule has 0 atom stereocenters. The highest BCUT2D eigenvalue weighted by molar-refractivity contribution is 5.21. The first-order valence-corrected chi connectivity index (χ1v) is 3.62. The Hall–Kier alpha value is -0.920. The fraction of sp³-hybridized carbons (Fsp3) is 0.500. The first kappa shape index (κ1) is 7.19. The quantitative estimate of drug-likeness (QED) is 0.594. The molecule has 0 heterocycles. The van der Waals surface area contributed by atoms with Gasteiger partial charge in [0.25, 0.3) is 0 Å². The van der Waals surface area contributed by atoms with Crippen molar-refractivity contribution in [3.8, 4) is 0 Å². The highest BCUT2D eigenvalue weighted by atomic mass is 14.9. The Morgan fingerprint density at radius 1 is 1.00 bits per heavy atom. The lowest BCUT2D eigenvalue weighted by Gasteiger charge is -2.13. The highest BCUT2D eigenvalue weighted by Crippen LogP contribution is 2.12. The molecule has 0 aliphatic heterocycles. The van der Waals surface area contributed by atoms with Gasteiger partial charge in [-0.2, -0.15) is 0 Å². The van der Waals surface area contributed by atoms with Gasteiger partial charge in [0.2, 0.25) is 0 Å². The van der Waals surface area contributed by atoms with Gasteiger partial charge in [-0.25, -0.2) is 0 Å². The van der Waals surface area contributed by atoms with Gasteiger partial charge in [0.1, 0.15) is 0 Å². The van der Waals surface area contributed by atoms with E-state index in [1.54, 1.807) is 0 Å². The van der Waals surface area contributed by atoms with Crippen LogP contribution in [0.3, 0.4) is 0 Å². The van der Waals surface area contributed by atoms with Crippen LogP contribution in [0.15, 0.2) is 23.5 Å². The van der Waals surface area contributed by atoms with Gasteiger partial charge in [-0.3, -0.25) is 0 Å². The number of nitrogens with one attached hydrogen (secondary N) is 2. The first-order valence-electron chi connectivity index (χ1n) is 3.62. The van der Waals surface area contributed by atoms with E-state index in [-0.39, 0.29) is 0 Å². The number of allylic oxidation sites excluding steroid dienone is 4. The Morgan fingerprint density at radius 2 is 1.40 bits per heavy atom. The molecule has 0 aromatic carbocycles. The van der Waals surface area contributed by atoms with Crippen molar-refractivity contribution in [2.45, 2.75) is 12.8 Å². The summed E-state index contributed by atoms with van der Waals surface area (Å²) in [6.07, 6.45) is 6.50. The molecule has 1 aliphatic carbocycles. The fourth-order valence-corrected chi connectivity index (χ4v) is 1.05. The summed E-state index contributed by atoms with van der Waals surface area (Å²) < 4.78 is 0. The molecule has 0 spiro atoms. The molecule has 0 fully saturated rings. The second-order valence-electron chi connectivity index (χ2n) is 2.38. The summed E-state index contributed by atoms with van der Waals surface area (Å²) in [5.41, 5.74) is 2.64. The molecule has 0 radical (unpaired) electrons. The molecule has 0 amide bonds. The topological polar surface area (TPSA) is 24.1 Å². The zero-order chi connectivity index (χ0) is 7.40. The van der Waals surface area contributed by atoms with Gasteiger partial charge in [0, 0.05) is 25.5 Å². The van der Waals surface area contributed by atoms with Crippen molar-refractivity contribution in [1.29, 1.82) is 0 Å². The smallest absolute Gasteiger partial charge is 0.0108 e. The summed E-state index contributed by atoms with van der Waals surface area (Å²) >= 11 is 0. The van der Waals surface area contributed by atoms with Gasteiger partial charge in [-0.05, 0) is 25.0 Å². The van der Waals surface area contributed by atoms with Crippen molar-refractivity contribution in [3.63, 3.8) is 0 Å². The SMILES string of the molecule is CNC1=CC=C(NC)CC1. The molecular formula is C8H14N2. The molecule has 1 aliphatic rings. The Kier molecular flexibility index (Phi) is 2.37. The molecule has 0 aromatic rings. The van der Waals surface area contributed by atoms with E-state index in [0.29, 0.717) is 0 Å². The number of hydrogen-bond donors (Lipinski definition) is 2. The van der Waals surface area contributed by atoms with Crippen LogP contribution in [0.1, 0.15) is 12.8 Å². The molecule has 0 saturated carbocycles. The van der Waals surface area contributed by atoms with E-state index in [2.05, 4.69) is 22.8 Å². The summed E-state index contributed by atoms with van der Waals surface area (Å²) in [7, 11) is 3.92. The maximum Gasteiger partial charge on any atom is 0.0108 e.